The van der Waals surface area contributed by atoms with Gasteiger partial charge in [-0.05, 0) is 17.7 Å². The third-order valence-electron chi connectivity index (χ3n) is 2.14. The van der Waals surface area contributed by atoms with Crippen LogP contribution in [0.5, 0.6) is 0 Å². The van der Waals surface area contributed by atoms with Crippen molar-refractivity contribution in [3.63, 3.8) is 0 Å². The molecular weight excluding hydrogens is 188 g/mol. The third-order valence-corrected chi connectivity index (χ3v) is 2.14. The molecule has 0 aliphatic rings. The van der Waals surface area contributed by atoms with Gasteiger partial charge in [0.2, 0.25) is 0 Å². The molecule has 0 radical (unpaired) electrons. The van der Waals surface area contributed by atoms with Crippen LogP contribution in [0.4, 0.5) is 0 Å². The van der Waals surface area contributed by atoms with Crippen LogP contribution in [-0.4, -0.2) is 17.7 Å². The fourth-order valence-corrected chi connectivity index (χ4v) is 1.24. The first kappa shape index (κ1) is 11.7. The molecule has 1 rings (SSSR count). The van der Waals surface area contributed by atoms with E-state index in [0.29, 0.717) is 18.2 Å². The fraction of sp³-hybridized carbons (Fsp3) is 0.417. The minimum Gasteiger partial charge on any atom is -0.387 e. The van der Waals surface area contributed by atoms with Crippen LogP contribution in [-0.2, 0) is 0 Å². The molecule has 3 heteroatoms. The van der Waals surface area contributed by atoms with Crippen molar-refractivity contribution in [2.45, 2.75) is 26.0 Å². The second kappa shape index (κ2) is 5.50. The highest BCUT2D eigenvalue weighted by Gasteiger charge is 2.07. The molecule has 80 valence electrons. The van der Waals surface area contributed by atoms with Crippen LogP contribution >= 0.6 is 0 Å². The SMILES string of the molecule is CC(C)NCC(O)c1ccc(C#N)cc1. The summed E-state index contributed by atoms with van der Waals surface area (Å²) < 4.78 is 0. The second-order valence-electron chi connectivity index (χ2n) is 3.81. The lowest BCUT2D eigenvalue weighted by molar-refractivity contribution is 0.171. The van der Waals surface area contributed by atoms with Gasteiger partial charge in [0, 0.05) is 12.6 Å². The number of hydrogen-bond donors (Lipinski definition) is 2. The van der Waals surface area contributed by atoms with Crippen LogP contribution < -0.4 is 5.32 Å². The summed E-state index contributed by atoms with van der Waals surface area (Å²) in [6.45, 7) is 4.60. The van der Waals surface area contributed by atoms with Gasteiger partial charge in [-0.1, -0.05) is 26.0 Å². The molecule has 3 nitrogen and oxygen atoms in total. The Hall–Kier alpha value is -1.37. The van der Waals surface area contributed by atoms with Gasteiger partial charge in [0.25, 0.3) is 0 Å². The summed E-state index contributed by atoms with van der Waals surface area (Å²) >= 11 is 0. The van der Waals surface area contributed by atoms with Crippen molar-refractivity contribution < 1.29 is 5.11 Å². The second-order valence-corrected chi connectivity index (χ2v) is 3.81. The Morgan fingerprint density at radius 1 is 1.33 bits per heavy atom. The van der Waals surface area contributed by atoms with E-state index in [2.05, 4.69) is 5.32 Å². The quantitative estimate of drug-likeness (QED) is 0.783. The number of nitrogens with zero attached hydrogens (tertiary/aromatic N) is 1. The molecule has 0 amide bonds. The average molecular weight is 204 g/mol. The van der Waals surface area contributed by atoms with E-state index >= 15 is 0 Å². The number of aliphatic hydroxyl groups excluding tert-OH is 1. The lowest BCUT2D eigenvalue weighted by Crippen LogP contribution is -2.27. The minimum absolute atomic E-state index is 0.359. The molecule has 0 aromatic heterocycles. The Labute approximate surface area is 90.4 Å². The van der Waals surface area contributed by atoms with Crippen molar-refractivity contribution in [2.75, 3.05) is 6.54 Å². The van der Waals surface area contributed by atoms with Crippen LogP contribution in [0, 0.1) is 11.3 Å². The summed E-state index contributed by atoms with van der Waals surface area (Å²) in [5.74, 6) is 0. The topological polar surface area (TPSA) is 56.0 Å². The zero-order valence-electron chi connectivity index (χ0n) is 9.07. The Kier molecular flexibility index (Phi) is 4.29. The van der Waals surface area contributed by atoms with E-state index in [-0.39, 0.29) is 0 Å². The van der Waals surface area contributed by atoms with E-state index in [4.69, 9.17) is 5.26 Å². The molecule has 0 saturated carbocycles. The molecule has 1 atom stereocenters. The van der Waals surface area contributed by atoms with E-state index in [1.807, 2.05) is 19.9 Å². The molecule has 0 bridgehead atoms. The Morgan fingerprint density at radius 3 is 2.40 bits per heavy atom. The molecule has 2 N–H and O–H groups in total. The van der Waals surface area contributed by atoms with Gasteiger partial charge in [-0.15, -0.1) is 0 Å². The zero-order chi connectivity index (χ0) is 11.3. The largest absolute Gasteiger partial charge is 0.387 e. The molecule has 0 aliphatic carbocycles. The van der Waals surface area contributed by atoms with Gasteiger partial charge >= 0.3 is 0 Å². The number of nitriles is 1. The van der Waals surface area contributed by atoms with Crippen LogP contribution in [0.2, 0.25) is 0 Å². The van der Waals surface area contributed by atoms with E-state index in [1.54, 1.807) is 24.3 Å². The molecule has 0 saturated heterocycles. The first-order chi connectivity index (χ1) is 7.13. The van der Waals surface area contributed by atoms with Crippen molar-refractivity contribution in [3.05, 3.63) is 35.4 Å². The van der Waals surface area contributed by atoms with Gasteiger partial charge in [-0.25, -0.2) is 0 Å². The summed E-state index contributed by atoms with van der Waals surface area (Å²) in [5, 5.41) is 21.6. The normalized spacial score (nSPS) is 12.5. The van der Waals surface area contributed by atoms with Gasteiger partial charge < -0.3 is 10.4 Å². The number of aliphatic hydroxyl groups is 1. The standard InChI is InChI=1S/C12H16N2O/c1-9(2)14-8-12(15)11-5-3-10(7-13)4-6-11/h3-6,9,12,14-15H,8H2,1-2H3. The van der Waals surface area contributed by atoms with Gasteiger partial charge in [-0.2, -0.15) is 5.26 Å². The van der Waals surface area contributed by atoms with Crippen LogP contribution in [0.15, 0.2) is 24.3 Å². The summed E-state index contributed by atoms with van der Waals surface area (Å²) in [4.78, 5) is 0. The highest BCUT2D eigenvalue weighted by atomic mass is 16.3. The van der Waals surface area contributed by atoms with E-state index in [1.165, 1.54) is 0 Å². The lowest BCUT2D eigenvalue weighted by atomic mass is 10.1. The number of rotatable bonds is 4. The van der Waals surface area contributed by atoms with E-state index < -0.39 is 6.10 Å². The first-order valence-electron chi connectivity index (χ1n) is 5.05. The molecule has 0 fully saturated rings. The van der Waals surface area contributed by atoms with Crippen molar-refractivity contribution in [1.82, 2.24) is 5.32 Å². The highest BCUT2D eigenvalue weighted by molar-refractivity contribution is 5.32. The maximum atomic E-state index is 9.79. The molecule has 0 heterocycles. The third kappa shape index (κ3) is 3.70. The summed E-state index contributed by atoms with van der Waals surface area (Å²) in [6, 6.07) is 9.40. The highest BCUT2D eigenvalue weighted by Crippen LogP contribution is 2.12. The molecule has 1 aromatic rings. The monoisotopic (exact) mass is 204 g/mol. The van der Waals surface area contributed by atoms with Gasteiger partial charge in [0.05, 0.1) is 17.7 Å². The number of nitrogens with one attached hydrogen (secondary N) is 1. The van der Waals surface area contributed by atoms with Crippen LogP contribution in [0.1, 0.15) is 31.1 Å². The molecule has 15 heavy (non-hydrogen) atoms. The van der Waals surface area contributed by atoms with Crippen LogP contribution in [0.25, 0.3) is 0 Å². The predicted octanol–water partition coefficient (Wildman–Crippen LogP) is 1.59. The van der Waals surface area contributed by atoms with Gasteiger partial charge in [0.1, 0.15) is 0 Å². The summed E-state index contributed by atoms with van der Waals surface area (Å²) in [7, 11) is 0. The maximum Gasteiger partial charge on any atom is 0.0991 e. The fourth-order valence-electron chi connectivity index (χ4n) is 1.24. The van der Waals surface area contributed by atoms with Crippen molar-refractivity contribution >= 4 is 0 Å². The van der Waals surface area contributed by atoms with Crippen molar-refractivity contribution in [3.8, 4) is 6.07 Å². The summed E-state index contributed by atoms with van der Waals surface area (Å²) in [6.07, 6.45) is -0.514. The smallest absolute Gasteiger partial charge is 0.0991 e. The van der Waals surface area contributed by atoms with Gasteiger partial charge in [0.15, 0.2) is 0 Å². The number of benzene rings is 1. The molecule has 1 aromatic carbocycles. The molecular formula is C12H16N2O. The summed E-state index contributed by atoms with van der Waals surface area (Å²) in [5.41, 5.74) is 1.45. The Balaban J connectivity index is 2.58. The van der Waals surface area contributed by atoms with E-state index in [9.17, 15) is 5.11 Å². The molecule has 1 unspecified atom stereocenters. The van der Waals surface area contributed by atoms with Crippen LogP contribution in [0.3, 0.4) is 0 Å². The zero-order valence-corrected chi connectivity index (χ0v) is 9.07. The number of hydrogen-bond acceptors (Lipinski definition) is 3. The molecule has 0 spiro atoms. The van der Waals surface area contributed by atoms with E-state index in [0.717, 1.165) is 5.56 Å². The maximum absolute atomic E-state index is 9.79. The minimum atomic E-state index is -0.514. The van der Waals surface area contributed by atoms with Gasteiger partial charge in [-0.3, -0.25) is 0 Å². The van der Waals surface area contributed by atoms with Crippen molar-refractivity contribution in [2.24, 2.45) is 0 Å². The Morgan fingerprint density at radius 2 is 1.93 bits per heavy atom. The predicted molar refractivity (Wildman–Crippen MR) is 59.3 cm³/mol. The van der Waals surface area contributed by atoms with Crippen molar-refractivity contribution in [1.29, 1.82) is 5.26 Å². The Bertz CT molecular complexity index is 338. The average Bonchev–Trinajstić information content (AvgIpc) is 2.26. The molecule has 0 aliphatic heterocycles. The first-order valence-corrected chi connectivity index (χ1v) is 5.05. The lowest BCUT2D eigenvalue weighted by Gasteiger charge is -2.14.